The predicted octanol–water partition coefficient (Wildman–Crippen LogP) is 1.08. The van der Waals surface area contributed by atoms with E-state index < -0.39 is 6.10 Å². The second kappa shape index (κ2) is 7.62. The summed E-state index contributed by atoms with van der Waals surface area (Å²) in [5, 5.41) is 16.8. The molecule has 7 heteroatoms. The van der Waals surface area contributed by atoms with E-state index in [4.69, 9.17) is 4.74 Å². The molecule has 0 spiro atoms. The van der Waals surface area contributed by atoms with E-state index in [2.05, 4.69) is 26.3 Å². The van der Waals surface area contributed by atoms with Gasteiger partial charge in [0.15, 0.2) is 0 Å². The molecule has 1 aromatic heterocycles. The monoisotopic (exact) mass is 333 g/mol. The molecule has 1 aromatic rings. The fourth-order valence-corrected chi connectivity index (χ4v) is 1.82. The van der Waals surface area contributed by atoms with Gasteiger partial charge < -0.3 is 15.2 Å². The van der Waals surface area contributed by atoms with Gasteiger partial charge in [-0.1, -0.05) is 13.8 Å². The normalized spacial score (nSPS) is 12.7. The number of ether oxygens (including phenoxy) is 1. The van der Waals surface area contributed by atoms with Crippen LogP contribution in [0.15, 0.2) is 15.5 Å². The average Bonchev–Trinajstić information content (AvgIpc) is 2.38. The van der Waals surface area contributed by atoms with Crippen molar-refractivity contribution >= 4 is 21.6 Å². The first-order valence-electron chi connectivity index (χ1n) is 6.13. The number of aromatic nitrogens is 2. The van der Waals surface area contributed by atoms with E-state index in [1.54, 1.807) is 13.3 Å². The maximum atomic E-state index is 12.0. The summed E-state index contributed by atoms with van der Waals surface area (Å²) in [7, 11) is 1.57. The maximum absolute atomic E-state index is 12.0. The number of nitrogens with zero attached hydrogens (tertiary/aromatic N) is 2. The molecular formula is C12H20BrN3O3. The topological polar surface area (TPSA) is 76.4 Å². The minimum atomic E-state index is -0.470. The van der Waals surface area contributed by atoms with Crippen LogP contribution in [0.1, 0.15) is 13.8 Å². The molecule has 1 atom stereocenters. The molecule has 6 nitrogen and oxygen atoms in total. The molecule has 2 N–H and O–H groups in total. The van der Waals surface area contributed by atoms with Gasteiger partial charge in [0, 0.05) is 13.7 Å². The minimum Gasteiger partial charge on any atom is -0.391 e. The fourth-order valence-electron chi connectivity index (χ4n) is 1.38. The lowest BCUT2D eigenvalue weighted by molar-refractivity contribution is 0.138. The highest BCUT2D eigenvalue weighted by molar-refractivity contribution is 9.10. The van der Waals surface area contributed by atoms with Crippen LogP contribution in [0.3, 0.4) is 0 Å². The van der Waals surface area contributed by atoms with Crippen LogP contribution in [0, 0.1) is 5.92 Å². The lowest BCUT2D eigenvalue weighted by Gasteiger charge is -2.16. The SMILES string of the molecule is COCCn1ncc(NCC(O)C(C)C)c(Br)c1=O. The van der Waals surface area contributed by atoms with Crippen LogP contribution in [0.5, 0.6) is 0 Å². The van der Waals surface area contributed by atoms with E-state index in [-0.39, 0.29) is 11.5 Å². The van der Waals surface area contributed by atoms with Crippen molar-refractivity contribution in [1.82, 2.24) is 9.78 Å². The second-order valence-corrected chi connectivity index (χ2v) is 5.38. The van der Waals surface area contributed by atoms with E-state index in [1.165, 1.54) is 4.68 Å². The number of anilines is 1. The molecule has 0 amide bonds. The predicted molar refractivity (Wildman–Crippen MR) is 77.4 cm³/mol. The van der Waals surface area contributed by atoms with Crippen molar-refractivity contribution in [3.05, 3.63) is 21.0 Å². The van der Waals surface area contributed by atoms with Crippen LogP contribution < -0.4 is 10.9 Å². The molecule has 1 unspecified atom stereocenters. The van der Waals surface area contributed by atoms with E-state index in [0.29, 0.717) is 29.9 Å². The van der Waals surface area contributed by atoms with Crippen LogP contribution in [0.2, 0.25) is 0 Å². The Morgan fingerprint density at radius 1 is 1.58 bits per heavy atom. The molecule has 0 radical (unpaired) electrons. The van der Waals surface area contributed by atoms with E-state index in [1.807, 2.05) is 13.8 Å². The number of hydrogen-bond acceptors (Lipinski definition) is 5. The third-order valence-corrected chi connectivity index (χ3v) is 3.53. The number of aliphatic hydroxyl groups is 1. The first-order chi connectivity index (χ1) is 8.97. The van der Waals surface area contributed by atoms with Crippen molar-refractivity contribution in [3.8, 4) is 0 Å². The first-order valence-corrected chi connectivity index (χ1v) is 6.93. The van der Waals surface area contributed by atoms with Crippen molar-refractivity contribution in [2.24, 2.45) is 5.92 Å². The van der Waals surface area contributed by atoms with Gasteiger partial charge in [0.25, 0.3) is 5.56 Å². The van der Waals surface area contributed by atoms with Crippen molar-refractivity contribution in [1.29, 1.82) is 0 Å². The van der Waals surface area contributed by atoms with Crippen molar-refractivity contribution in [2.75, 3.05) is 25.6 Å². The van der Waals surface area contributed by atoms with Gasteiger partial charge in [-0.2, -0.15) is 5.10 Å². The van der Waals surface area contributed by atoms with Gasteiger partial charge in [-0.05, 0) is 21.8 Å². The van der Waals surface area contributed by atoms with E-state index in [0.717, 1.165) is 0 Å². The highest BCUT2D eigenvalue weighted by Gasteiger charge is 2.12. The van der Waals surface area contributed by atoms with Gasteiger partial charge in [0.05, 0.1) is 31.1 Å². The summed E-state index contributed by atoms with van der Waals surface area (Å²) in [5.41, 5.74) is 0.361. The third-order valence-electron chi connectivity index (χ3n) is 2.76. The summed E-state index contributed by atoms with van der Waals surface area (Å²) in [6, 6.07) is 0. The Morgan fingerprint density at radius 2 is 2.26 bits per heavy atom. The Balaban J connectivity index is 2.76. The Hall–Kier alpha value is -0.920. The number of aliphatic hydroxyl groups excluding tert-OH is 1. The van der Waals surface area contributed by atoms with Crippen molar-refractivity contribution in [3.63, 3.8) is 0 Å². The summed E-state index contributed by atoms with van der Waals surface area (Å²) in [4.78, 5) is 12.0. The molecule has 0 aliphatic heterocycles. The van der Waals surface area contributed by atoms with Crippen LogP contribution in [-0.2, 0) is 11.3 Å². The lowest BCUT2D eigenvalue weighted by Crippen LogP contribution is -2.29. The molecular weight excluding hydrogens is 314 g/mol. The first kappa shape index (κ1) is 16.1. The second-order valence-electron chi connectivity index (χ2n) is 4.59. The van der Waals surface area contributed by atoms with Crippen molar-refractivity contribution in [2.45, 2.75) is 26.5 Å². The molecule has 0 fully saturated rings. The maximum Gasteiger partial charge on any atom is 0.283 e. The Bertz CT molecular complexity index is 462. The summed E-state index contributed by atoms with van der Waals surface area (Å²) < 4.78 is 6.66. The van der Waals surface area contributed by atoms with Crippen LogP contribution in [-0.4, -0.2) is 41.3 Å². The highest BCUT2D eigenvalue weighted by Crippen LogP contribution is 2.16. The number of halogens is 1. The molecule has 0 bridgehead atoms. The minimum absolute atomic E-state index is 0.154. The van der Waals surface area contributed by atoms with Gasteiger partial charge in [-0.15, -0.1) is 0 Å². The van der Waals surface area contributed by atoms with Gasteiger partial charge in [0.2, 0.25) is 0 Å². The molecule has 0 saturated heterocycles. The summed E-state index contributed by atoms with van der Waals surface area (Å²) in [6.45, 7) is 5.07. The van der Waals surface area contributed by atoms with Crippen LogP contribution in [0.4, 0.5) is 5.69 Å². The Morgan fingerprint density at radius 3 is 2.84 bits per heavy atom. The molecule has 1 rings (SSSR count). The number of rotatable bonds is 7. The molecule has 19 heavy (non-hydrogen) atoms. The van der Waals surface area contributed by atoms with Gasteiger partial charge in [0.1, 0.15) is 4.47 Å². The Labute approximate surface area is 120 Å². The summed E-state index contributed by atoms with van der Waals surface area (Å²) >= 11 is 3.25. The Kier molecular flexibility index (Phi) is 6.47. The van der Waals surface area contributed by atoms with Crippen molar-refractivity contribution < 1.29 is 9.84 Å². The largest absolute Gasteiger partial charge is 0.391 e. The van der Waals surface area contributed by atoms with Gasteiger partial charge in [-0.25, -0.2) is 4.68 Å². The summed E-state index contributed by atoms with van der Waals surface area (Å²) in [5.74, 6) is 0.154. The molecule has 1 heterocycles. The number of nitrogens with one attached hydrogen (secondary N) is 1. The lowest BCUT2D eigenvalue weighted by atomic mass is 10.1. The number of methoxy groups -OCH3 is 1. The summed E-state index contributed by atoms with van der Waals surface area (Å²) in [6.07, 6.45) is 1.09. The quantitative estimate of drug-likeness (QED) is 0.780. The molecule has 108 valence electrons. The van der Waals surface area contributed by atoms with E-state index in [9.17, 15) is 9.90 Å². The number of hydrogen-bond donors (Lipinski definition) is 2. The zero-order chi connectivity index (χ0) is 14.4. The smallest absolute Gasteiger partial charge is 0.283 e. The highest BCUT2D eigenvalue weighted by atomic mass is 79.9. The zero-order valence-corrected chi connectivity index (χ0v) is 13.0. The van der Waals surface area contributed by atoms with Gasteiger partial charge in [-0.3, -0.25) is 4.79 Å². The molecule has 0 aliphatic carbocycles. The average molecular weight is 334 g/mol. The van der Waals surface area contributed by atoms with Crippen LogP contribution in [0.25, 0.3) is 0 Å². The third kappa shape index (κ3) is 4.59. The van der Waals surface area contributed by atoms with Crippen LogP contribution >= 0.6 is 15.9 Å². The zero-order valence-electron chi connectivity index (χ0n) is 11.4. The molecule has 0 saturated carbocycles. The molecule has 0 aromatic carbocycles. The van der Waals surface area contributed by atoms with E-state index >= 15 is 0 Å². The fraction of sp³-hybridized carbons (Fsp3) is 0.667. The van der Waals surface area contributed by atoms with Gasteiger partial charge >= 0.3 is 0 Å². The molecule has 0 aliphatic rings. The standard InChI is InChI=1S/C12H20BrN3O3/c1-8(2)10(17)7-14-9-6-15-16(4-5-19-3)12(18)11(9)13/h6,8,10,14,17H,4-5,7H2,1-3H3.